The SMILES string of the molecule is CCCCCCCCc1nccc(Cl)c1C. The van der Waals surface area contributed by atoms with Crippen LogP contribution in [-0.4, -0.2) is 4.98 Å². The summed E-state index contributed by atoms with van der Waals surface area (Å²) in [5.74, 6) is 0. The van der Waals surface area contributed by atoms with E-state index in [0.717, 1.165) is 17.0 Å². The molecule has 1 nitrogen and oxygen atoms in total. The average molecular weight is 240 g/mol. The Bertz CT molecular complexity index is 310. The molecule has 0 unspecified atom stereocenters. The number of aromatic nitrogens is 1. The fourth-order valence-electron chi connectivity index (χ4n) is 1.88. The van der Waals surface area contributed by atoms with Crippen LogP contribution in [0.25, 0.3) is 0 Å². The van der Waals surface area contributed by atoms with Crippen molar-refractivity contribution in [3.63, 3.8) is 0 Å². The van der Waals surface area contributed by atoms with E-state index < -0.39 is 0 Å². The van der Waals surface area contributed by atoms with E-state index in [1.807, 2.05) is 12.3 Å². The first-order valence-corrected chi connectivity index (χ1v) is 6.73. The normalized spacial score (nSPS) is 10.7. The van der Waals surface area contributed by atoms with Crippen LogP contribution in [0, 0.1) is 6.92 Å². The lowest BCUT2D eigenvalue weighted by molar-refractivity contribution is 0.604. The van der Waals surface area contributed by atoms with E-state index in [2.05, 4.69) is 18.8 Å². The van der Waals surface area contributed by atoms with Crippen molar-refractivity contribution in [1.29, 1.82) is 0 Å². The molecule has 0 aliphatic carbocycles. The van der Waals surface area contributed by atoms with Crippen LogP contribution in [0.3, 0.4) is 0 Å². The van der Waals surface area contributed by atoms with Crippen molar-refractivity contribution in [1.82, 2.24) is 4.98 Å². The Labute approximate surface area is 104 Å². The summed E-state index contributed by atoms with van der Waals surface area (Å²) in [5.41, 5.74) is 2.32. The molecule has 16 heavy (non-hydrogen) atoms. The molecule has 1 aromatic rings. The molecule has 1 aromatic heterocycles. The van der Waals surface area contributed by atoms with E-state index in [4.69, 9.17) is 11.6 Å². The van der Waals surface area contributed by atoms with Crippen LogP contribution in [0.2, 0.25) is 5.02 Å². The summed E-state index contributed by atoms with van der Waals surface area (Å²) in [4.78, 5) is 4.39. The topological polar surface area (TPSA) is 12.9 Å². The molecule has 0 atom stereocenters. The second-order valence-corrected chi connectivity index (χ2v) is 4.79. The number of aryl methyl sites for hydroxylation is 1. The molecule has 0 saturated carbocycles. The third kappa shape index (κ3) is 4.52. The molecule has 2 heteroatoms. The second kappa shape index (κ2) is 7.67. The highest BCUT2D eigenvalue weighted by molar-refractivity contribution is 6.31. The van der Waals surface area contributed by atoms with Gasteiger partial charge in [0, 0.05) is 16.9 Å². The van der Waals surface area contributed by atoms with Gasteiger partial charge < -0.3 is 0 Å². The molecule has 1 rings (SSSR count). The van der Waals surface area contributed by atoms with E-state index in [1.165, 1.54) is 44.2 Å². The van der Waals surface area contributed by atoms with E-state index in [1.54, 1.807) is 0 Å². The number of pyridine rings is 1. The Morgan fingerprint density at radius 2 is 1.81 bits per heavy atom. The smallest absolute Gasteiger partial charge is 0.0468 e. The highest BCUT2D eigenvalue weighted by atomic mass is 35.5. The molecule has 0 aliphatic heterocycles. The Morgan fingerprint density at radius 3 is 2.56 bits per heavy atom. The lowest BCUT2D eigenvalue weighted by atomic mass is 10.1. The molecule has 0 saturated heterocycles. The van der Waals surface area contributed by atoms with Gasteiger partial charge in [-0.1, -0.05) is 50.6 Å². The van der Waals surface area contributed by atoms with Crippen LogP contribution in [0.4, 0.5) is 0 Å². The van der Waals surface area contributed by atoms with Crippen molar-refractivity contribution in [2.24, 2.45) is 0 Å². The summed E-state index contributed by atoms with van der Waals surface area (Å²) < 4.78 is 0. The third-order valence-electron chi connectivity index (χ3n) is 3.01. The van der Waals surface area contributed by atoms with Gasteiger partial charge in [0.1, 0.15) is 0 Å². The first kappa shape index (κ1) is 13.5. The molecule has 1 heterocycles. The van der Waals surface area contributed by atoms with Crippen molar-refractivity contribution in [2.75, 3.05) is 0 Å². The maximum atomic E-state index is 6.06. The summed E-state index contributed by atoms with van der Waals surface area (Å²) >= 11 is 6.06. The minimum Gasteiger partial charge on any atom is -0.261 e. The molecule has 90 valence electrons. The predicted molar refractivity (Wildman–Crippen MR) is 71.1 cm³/mol. The second-order valence-electron chi connectivity index (χ2n) is 4.38. The van der Waals surface area contributed by atoms with Gasteiger partial charge in [0.25, 0.3) is 0 Å². The Balaban J connectivity index is 2.24. The number of halogens is 1. The lowest BCUT2D eigenvalue weighted by Crippen LogP contribution is -1.94. The van der Waals surface area contributed by atoms with Crippen molar-refractivity contribution in [3.8, 4) is 0 Å². The Kier molecular flexibility index (Phi) is 6.47. The molecular weight excluding hydrogens is 218 g/mol. The van der Waals surface area contributed by atoms with Gasteiger partial charge in [0.2, 0.25) is 0 Å². The Hall–Kier alpha value is -0.560. The zero-order valence-corrected chi connectivity index (χ0v) is 11.2. The first-order valence-electron chi connectivity index (χ1n) is 6.35. The van der Waals surface area contributed by atoms with E-state index in [9.17, 15) is 0 Å². The van der Waals surface area contributed by atoms with Gasteiger partial charge in [-0.05, 0) is 31.4 Å². The van der Waals surface area contributed by atoms with Crippen molar-refractivity contribution < 1.29 is 0 Å². The fourth-order valence-corrected chi connectivity index (χ4v) is 2.04. The van der Waals surface area contributed by atoms with Crippen LogP contribution in [-0.2, 0) is 6.42 Å². The standard InChI is InChI=1S/C14H22ClN/c1-3-4-5-6-7-8-9-14-12(2)13(15)10-11-16-14/h10-11H,3-9H2,1-2H3. The monoisotopic (exact) mass is 239 g/mol. The minimum absolute atomic E-state index is 0.844. The first-order chi connectivity index (χ1) is 7.75. The van der Waals surface area contributed by atoms with Crippen LogP contribution in [0.1, 0.15) is 56.7 Å². The summed E-state index contributed by atoms with van der Waals surface area (Å²) in [6.45, 7) is 4.31. The molecule has 0 N–H and O–H groups in total. The van der Waals surface area contributed by atoms with Gasteiger partial charge in [0.15, 0.2) is 0 Å². The zero-order chi connectivity index (χ0) is 11.8. The molecule has 0 amide bonds. The van der Waals surface area contributed by atoms with Gasteiger partial charge in [-0.15, -0.1) is 0 Å². The summed E-state index contributed by atoms with van der Waals surface area (Å²) in [5, 5.41) is 0.844. The van der Waals surface area contributed by atoms with Crippen molar-refractivity contribution in [2.45, 2.75) is 58.8 Å². The Morgan fingerprint density at radius 1 is 1.12 bits per heavy atom. The van der Waals surface area contributed by atoms with Crippen LogP contribution in [0.5, 0.6) is 0 Å². The number of nitrogens with zero attached hydrogens (tertiary/aromatic N) is 1. The zero-order valence-electron chi connectivity index (χ0n) is 10.4. The maximum absolute atomic E-state index is 6.06. The highest BCUT2D eigenvalue weighted by Crippen LogP contribution is 2.18. The molecule has 0 aromatic carbocycles. The molecular formula is C14H22ClN. The van der Waals surface area contributed by atoms with E-state index in [0.29, 0.717) is 0 Å². The summed E-state index contributed by atoms with van der Waals surface area (Å²) in [6, 6.07) is 1.86. The predicted octanol–water partition coefficient (Wildman–Crippen LogP) is 4.95. The minimum atomic E-state index is 0.844. The molecule has 0 aliphatic rings. The average Bonchev–Trinajstić information content (AvgIpc) is 2.29. The quantitative estimate of drug-likeness (QED) is 0.614. The van der Waals surface area contributed by atoms with Crippen LogP contribution < -0.4 is 0 Å². The van der Waals surface area contributed by atoms with E-state index in [-0.39, 0.29) is 0 Å². The number of hydrogen-bond donors (Lipinski definition) is 0. The van der Waals surface area contributed by atoms with Gasteiger partial charge >= 0.3 is 0 Å². The number of hydrogen-bond acceptors (Lipinski definition) is 1. The van der Waals surface area contributed by atoms with Gasteiger partial charge in [-0.2, -0.15) is 0 Å². The fraction of sp³-hybridized carbons (Fsp3) is 0.643. The van der Waals surface area contributed by atoms with Crippen molar-refractivity contribution in [3.05, 3.63) is 28.5 Å². The van der Waals surface area contributed by atoms with Gasteiger partial charge in [-0.25, -0.2) is 0 Å². The van der Waals surface area contributed by atoms with Crippen LogP contribution in [0.15, 0.2) is 12.3 Å². The highest BCUT2D eigenvalue weighted by Gasteiger charge is 2.02. The summed E-state index contributed by atoms with van der Waals surface area (Å²) in [6.07, 6.45) is 10.8. The van der Waals surface area contributed by atoms with E-state index >= 15 is 0 Å². The van der Waals surface area contributed by atoms with Gasteiger partial charge in [0.05, 0.1) is 0 Å². The maximum Gasteiger partial charge on any atom is 0.0468 e. The molecule has 0 bridgehead atoms. The summed E-state index contributed by atoms with van der Waals surface area (Å²) in [7, 11) is 0. The van der Waals surface area contributed by atoms with Crippen molar-refractivity contribution >= 4 is 11.6 Å². The number of unbranched alkanes of at least 4 members (excludes halogenated alkanes) is 5. The molecule has 0 fully saturated rings. The lowest BCUT2D eigenvalue weighted by Gasteiger charge is -2.05. The number of rotatable bonds is 7. The largest absolute Gasteiger partial charge is 0.261 e. The molecule has 0 spiro atoms. The van der Waals surface area contributed by atoms with Crippen LogP contribution >= 0.6 is 11.6 Å². The van der Waals surface area contributed by atoms with Gasteiger partial charge in [-0.3, -0.25) is 4.98 Å². The third-order valence-corrected chi connectivity index (χ3v) is 3.42. The molecule has 0 radical (unpaired) electrons.